The van der Waals surface area contributed by atoms with E-state index in [1.807, 2.05) is 37.3 Å². The number of rotatable bonds is 5. The van der Waals surface area contributed by atoms with E-state index in [-0.39, 0.29) is 10.8 Å². The number of aromatic hydroxyl groups is 1. The number of nitrogens with one attached hydrogen (secondary N) is 2. The summed E-state index contributed by atoms with van der Waals surface area (Å²) in [6.07, 6.45) is 1.57. The number of carbonyl (C=O) groups excluding carboxylic acids is 1. The van der Waals surface area contributed by atoms with Crippen LogP contribution in [0.2, 0.25) is 5.02 Å². The third-order valence-electron chi connectivity index (χ3n) is 4.04. The van der Waals surface area contributed by atoms with E-state index < -0.39 is 5.91 Å². The van der Waals surface area contributed by atoms with Crippen molar-refractivity contribution in [2.75, 3.05) is 7.11 Å². The smallest absolute Gasteiger partial charge is 0.271 e. The highest BCUT2D eigenvalue weighted by molar-refractivity contribution is 6.32. The molecule has 0 aliphatic rings. The minimum Gasteiger partial charge on any atom is -0.506 e. The number of ether oxygens (including phenoxy) is 1. The molecule has 0 saturated heterocycles. The zero-order chi connectivity index (χ0) is 19.4. The Labute approximate surface area is 161 Å². The van der Waals surface area contributed by atoms with Crippen molar-refractivity contribution in [2.24, 2.45) is 5.10 Å². The standard InChI is InChI=1S/C20H18ClN3O3/c1-12-15(10-18(23-12)13-3-6-16(27-2)7-4-13)11-22-24-20(26)14-5-8-19(25)17(21)9-14/h3-11,23,25H,1-2H3,(H,24,26). The fraction of sp³-hybridized carbons (Fsp3) is 0.100. The fourth-order valence-corrected chi connectivity index (χ4v) is 2.69. The summed E-state index contributed by atoms with van der Waals surface area (Å²) < 4.78 is 5.17. The molecule has 3 N–H and O–H groups in total. The summed E-state index contributed by atoms with van der Waals surface area (Å²) in [7, 11) is 1.63. The monoisotopic (exact) mass is 383 g/mol. The van der Waals surface area contributed by atoms with Gasteiger partial charge in [-0.25, -0.2) is 5.43 Å². The molecule has 0 aliphatic heterocycles. The number of hydrogen-bond acceptors (Lipinski definition) is 4. The molecule has 0 fully saturated rings. The Hall–Kier alpha value is -3.25. The highest BCUT2D eigenvalue weighted by Gasteiger charge is 2.08. The van der Waals surface area contributed by atoms with Crippen LogP contribution in [-0.4, -0.2) is 29.3 Å². The van der Waals surface area contributed by atoms with E-state index in [1.54, 1.807) is 13.3 Å². The Morgan fingerprint density at radius 1 is 1.22 bits per heavy atom. The molecule has 27 heavy (non-hydrogen) atoms. The molecule has 1 heterocycles. The number of halogens is 1. The van der Waals surface area contributed by atoms with Crippen LogP contribution in [-0.2, 0) is 0 Å². The Balaban J connectivity index is 1.70. The Morgan fingerprint density at radius 3 is 2.63 bits per heavy atom. The predicted octanol–water partition coefficient (Wildman–Crippen LogP) is 4.12. The number of hydrazone groups is 1. The van der Waals surface area contributed by atoms with Crippen LogP contribution < -0.4 is 10.2 Å². The van der Waals surface area contributed by atoms with Crippen LogP contribution in [0.4, 0.5) is 0 Å². The van der Waals surface area contributed by atoms with Crippen LogP contribution in [0.3, 0.4) is 0 Å². The highest BCUT2D eigenvalue weighted by atomic mass is 35.5. The van der Waals surface area contributed by atoms with Crippen LogP contribution >= 0.6 is 11.6 Å². The molecule has 0 spiro atoms. The average molecular weight is 384 g/mol. The lowest BCUT2D eigenvalue weighted by Gasteiger charge is -2.01. The highest BCUT2D eigenvalue weighted by Crippen LogP contribution is 2.24. The number of phenols is 1. The summed E-state index contributed by atoms with van der Waals surface area (Å²) in [4.78, 5) is 15.4. The molecule has 3 rings (SSSR count). The van der Waals surface area contributed by atoms with E-state index in [0.29, 0.717) is 5.56 Å². The van der Waals surface area contributed by atoms with E-state index in [4.69, 9.17) is 16.3 Å². The van der Waals surface area contributed by atoms with Crippen LogP contribution in [0.25, 0.3) is 11.3 Å². The van der Waals surface area contributed by atoms with Gasteiger partial charge in [-0.15, -0.1) is 0 Å². The molecule has 0 unspecified atom stereocenters. The van der Waals surface area contributed by atoms with Crippen molar-refractivity contribution in [3.8, 4) is 22.8 Å². The molecular formula is C20H18ClN3O3. The maximum absolute atomic E-state index is 12.1. The number of hydrogen-bond donors (Lipinski definition) is 3. The number of phenolic OH excluding ortho intramolecular Hbond substituents is 1. The SMILES string of the molecule is COc1ccc(-c2cc(C=NNC(=O)c3ccc(O)c(Cl)c3)c(C)[nH]2)cc1. The maximum atomic E-state index is 12.1. The number of amides is 1. The van der Waals surface area contributed by atoms with Crippen molar-refractivity contribution in [1.29, 1.82) is 0 Å². The third kappa shape index (κ3) is 4.30. The number of aryl methyl sites for hydroxylation is 1. The molecule has 1 aromatic heterocycles. The second-order valence-electron chi connectivity index (χ2n) is 5.86. The Morgan fingerprint density at radius 2 is 1.96 bits per heavy atom. The Bertz CT molecular complexity index is 994. The van der Waals surface area contributed by atoms with Gasteiger partial charge in [0.05, 0.1) is 18.3 Å². The molecule has 138 valence electrons. The van der Waals surface area contributed by atoms with Gasteiger partial charge in [0, 0.05) is 22.5 Å². The topological polar surface area (TPSA) is 86.7 Å². The summed E-state index contributed by atoms with van der Waals surface area (Å²) in [5, 5.41) is 13.5. The molecule has 0 aliphatic carbocycles. The zero-order valence-corrected chi connectivity index (χ0v) is 15.5. The van der Waals surface area contributed by atoms with Crippen LogP contribution in [0.5, 0.6) is 11.5 Å². The van der Waals surface area contributed by atoms with Crippen molar-refractivity contribution < 1.29 is 14.6 Å². The van der Waals surface area contributed by atoms with Crippen LogP contribution in [0.1, 0.15) is 21.6 Å². The molecule has 0 atom stereocenters. The number of aromatic nitrogens is 1. The molecule has 0 bridgehead atoms. The lowest BCUT2D eigenvalue weighted by molar-refractivity contribution is 0.0955. The maximum Gasteiger partial charge on any atom is 0.271 e. The van der Waals surface area contributed by atoms with Crippen molar-refractivity contribution in [2.45, 2.75) is 6.92 Å². The van der Waals surface area contributed by atoms with Gasteiger partial charge in [0.2, 0.25) is 0 Å². The molecule has 0 radical (unpaired) electrons. The van der Waals surface area contributed by atoms with Gasteiger partial charge in [0.15, 0.2) is 0 Å². The lowest BCUT2D eigenvalue weighted by Crippen LogP contribution is -2.17. The van der Waals surface area contributed by atoms with E-state index in [2.05, 4.69) is 15.5 Å². The first-order valence-electron chi connectivity index (χ1n) is 8.14. The summed E-state index contributed by atoms with van der Waals surface area (Å²) in [5.41, 5.74) is 6.48. The van der Waals surface area contributed by atoms with Gasteiger partial charge in [-0.05, 0) is 61.0 Å². The van der Waals surface area contributed by atoms with Gasteiger partial charge in [0.25, 0.3) is 5.91 Å². The second kappa shape index (κ2) is 7.97. The molecule has 0 saturated carbocycles. The third-order valence-corrected chi connectivity index (χ3v) is 4.34. The first kappa shape index (κ1) is 18.5. The summed E-state index contributed by atoms with van der Waals surface area (Å²) in [6.45, 7) is 1.93. The van der Waals surface area contributed by atoms with Gasteiger partial charge < -0.3 is 14.8 Å². The van der Waals surface area contributed by atoms with Crippen molar-refractivity contribution >= 4 is 23.7 Å². The number of benzene rings is 2. The largest absolute Gasteiger partial charge is 0.506 e. The quantitative estimate of drug-likeness (QED) is 0.457. The molecule has 3 aromatic rings. The molecule has 7 heteroatoms. The molecule has 1 amide bonds. The number of nitrogens with zero attached hydrogens (tertiary/aromatic N) is 1. The number of H-pyrrole nitrogens is 1. The van der Waals surface area contributed by atoms with Gasteiger partial charge in [-0.3, -0.25) is 4.79 Å². The summed E-state index contributed by atoms with van der Waals surface area (Å²) >= 11 is 5.81. The fourth-order valence-electron chi connectivity index (χ4n) is 2.51. The molecular weight excluding hydrogens is 366 g/mol. The van der Waals surface area contributed by atoms with E-state index in [1.165, 1.54) is 18.2 Å². The summed E-state index contributed by atoms with van der Waals surface area (Å²) in [5.74, 6) is 0.295. The van der Waals surface area contributed by atoms with Crippen molar-refractivity contribution in [3.63, 3.8) is 0 Å². The van der Waals surface area contributed by atoms with Gasteiger partial charge >= 0.3 is 0 Å². The van der Waals surface area contributed by atoms with Crippen LogP contribution in [0.15, 0.2) is 53.6 Å². The number of aromatic amines is 1. The van der Waals surface area contributed by atoms with E-state index in [9.17, 15) is 9.90 Å². The Kier molecular flexibility index (Phi) is 5.47. The number of carbonyl (C=O) groups is 1. The normalized spacial score (nSPS) is 10.9. The van der Waals surface area contributed by atoms with Crippen molar-refractivity contribution in [1.82, 2.24) is 10.4 Å². The first-order valence-corrected chi connectivity index (χ1v) is 8.51. The summed E-state index contributed by atoms with van der Waals surface area (Å²) in [6, 6.07) is 13.9. The van der Waals surface area contributed by atoms with Gasteiger partial charge in [-0.2, -0.15) is 5.10 Å². The second-order valence-corrected chi connectivity index (χ2v) is 6.26. The lowest BCUT2D eigenvalue weighted by atomic mass is 10.1. The first-order chi connectivity index (χ1) is 13.0. The van der Waals surface area contributed by atoms with Crippen LogP contribution in [0, 0.1) is 6.92 Å². The minimum atomic E-state index is -0.420. The number of methoxy groups -OCH3 is 1. The van der Waals surface area contributed by atoms with E-state index in [0.717, 1.165) is 28.3 Å². The van der Waals surface area contributed by atoms with Gasteiger partial charge in [0.1, 0.15) is 11.5 Å². The van der Waals surface area contributed by atoms with Crippen molar-refractivity contribution in [3.05, 3.63) is 70.4 Å². The molecule has 6 nitrogen and oxygen atoms in total. The van der Waals surface area contributed by atoms with E-state index >= 15 is 0 Å². The zero-order valence-electron chi connectivity index (χ0n) is 14.8. The predicted molar refractivity (Wildman–Crippen MR) is 106 cm³/mol. The van der Waals surface area contributed by atoms with Gasteiger partial charge in [-0.1, -0.05) is 11.6 Å². The minimum absolute atomic E-state index is 0.0780. The average Bonchev–Trinajstić information content (AvgIpc) is 3.04. The molecule has 2 aromatic carbocycles.